The van der Waals surface area contributed by atoms with E-state index in [4.69, 9.17) is 21.1 Å². The van der Waals surface area contributed by atoms with Crippen molar-refractivity contribution < 1.29 is 19.4 Å². The van der Waals surface area contributed by atoms with E-state index < -0.39 is 23.2 Å². The maximum absolute atomic E-state index is 12.8. The highest BCUT2D eigenvalue weighted by molar-refractivity contribution is 6.30. The molecule has 2 aromatic carbocycles. The summed E-state index contributed by atoms with van der Waals surface area (Å²) < 4.78 is 11.8. The molecule has 3 heterocycles. The molecule has 5 rings (SSSR count). The van der Waals surface area contributed by atoms with Gasteiger partial charge in [0.15, 0.2) is 11.5 Å². The Morgan fingerprint density at radius 3 is 2.65 bits per heavy atom. The van der Waals surface area contributed by atoms with E-state index in [1.807, 2.05) is 0 Å². The van der Waals surface area contributed by atoms with Crippen LogP contribution in [0, 0.1) is 0 Å². The summed E-state index contributed by atoms with van der Waals surface area (Å²) in [6.07, 6.45) is 0.325. The molecule has 3 aromatic rings. The van der Waals surface area contributed by atoms with Crippen molar-refractivity contribution in [2.24, 2.45) is 5.10 Å². The Morgan fingerprint density at radius 2 is 1.91 bits per heavy atom. The van der Waals surface area contributed by atoms with E-state index in [1.54, 1.807) is 37.3 Å². The molecule has 1 aromatic heterocycles. The van der Waals surface area contributed by atoms with Gasteiger partial charge in [0.1, 0.15) is 5.56 Å². The molecule has 0 radical (unpaired) electrons. The zero-order chi connectivity index (χ0) is 24.0. The van der Waals surface area contributed by atoms with Gasteiger partial charge in [-0.25, -0.2) is 14.4 Å². The highest BCUT2D eigenvalue weighted by Crippen LogP contribution is 2.39. The van der Waals surface area contributed by atoms with Crippen molar-refractivity contribution in [2.75, 3.05) is 6.79 Å². The molecular formula is C23H19ClN4O6. The highest BCUT2D eigenvalue weighted by atomic mass is 35.5. The number of nitrogens with zero attached hydrogens (tertiary/aromatic N) is 3. The molecule has 0 bridgehead atoms. The third-order valence-corrected chi connectivity index (χ3v) is 5.96. The van der Waals surface area contributed by atoms with Crippen LogP contribution in [0.1, 0.15) is 36.9 Å². The number of hydrazone groups is 1. The number of halogens is 1. The summed E-state index contributed by atoms with van der Waals surface area (Å²) in [6, 6.07) is 10.9. The van der Waals surface area contributed by atoms with Crippen molar-refractivity contribution in [3.8, 4) is 23.1 Å². The second kappa shape index (κ2) is 8.38. The molecular weight excluding hydrogens is 464 g/mol. The number of ether oxygens (including phenoxy) is 2. The first-order valence-electron chi connectivity index (χ1n) is 10.5. The number of carbonyl (C=O) groups excluding carboxylic acids is 1. The molecule has 0 aliphatic carbocycles. The lowest BCUT2D eigenvalue weighted by atomic mass is 9.98. The quantitative estimate of drug-likeness (QED) is 0.588. The molecule has 0 spiro atoms. The summed E-state index contributed by atoms with van der Waals surface area (Å²) in [7, 11) is 0. The van der Waals surface area contributed by atoms with Gasteiger partial charge in [-0.2, -0.15) is 5.10 Å². The van der Waals surface area contributed by atoms with Crippen LogP contribution in [-0.4, -0.2) is 38.1 Å². The standard InChI is InChI=1S/C23H19ClN4O6/c1-2-19(29)28-16(12-3-8-17-18(9-12)34-11-33-17)10-15(26-28)20-21(30)25-23(32)27(22(20)31)14-6-4-13(24)5-7-14/h3-9,16,31H,2,10-11H2,1H3,(H,25,30,32)/t16-/m0/s1. The Hall–Kier alpha value is -4.05. The van der Waals surface area contributed by atoms with Gasteiger partial charge in [0.2, 0.25) is 18.6 Å². The number of hydrogen-bond acceptors (Lipinski definition) is 7. The fourth-order valence-corrected chi connectivity index (χ4v) is 4.17. The van der Waals surface area contributed by atoms with Crippen molar-refractivity contribution in [3.63, 3.8) is 0 Å². The Labute approximate surface area is 197 Å². The van der Waals surface area contributed by atoms with Crippen molar-refractivity contribution in [2.45, 2.75) is 25.8 Å². The van der Waals surface area contributed by atoms with Gasteiger partial charge in [0.05, 0.1) is 17.4 Å². The molecule has 2 aliphatic heterocycles. The molecule has 10 nitrogen and oxygen atoms in total. The predicted octanol–water partition coefficient (Wildman–Crippen LogP) is 2.70. The number of nitrogens with one attached hydrogen (secondary N) is 1. The lowest BCUT2D eigenvalue weighted by Gasteiger charge is -2.21. The minimum Gasteiger partial charge on any atom is -0.493 e. The zero-order valence-corrected chi connectivity index (χ0v) is 18.7. The summed E-state index contributed by atoms with van der Waals surface area (Å²) in [6.45, 7) is 1.82. The summed E-state index contributed by atoms with van der Waals surface area (Å²) in [4.78, 5) is 40.2. The van der Waals surface area contributed by atoms with E-state index in [-0.39, 0.29) is 36.8 Å². The minimum absolute atomic E-state index is 0.109. The van der Waals surface area contributed by atoms with E-state index in [2.05, 4.69) is 10.1 Å². The summed E-state index contributed by atoms with van der Waals surface area (Å²) in [5, 5.41) is 17.1. The number of benzene rings is 2. The van der Waals surface area contributed by atoms with Crippen LogP contribution in [0.3, 0.4) is 0 Å². The third kappa shape index (κ3) is 3.61. The van der Waals surface area contributed by atoms with Crippen LogP contribution in [-0.2, 0) is 4.79 Å². The number of aromatic hydroxyl groups is 1. The molecule has 34 heavy (non-hydrogen) atoms. The number of fused-ring (bicyclic) bond motifs is 1. The molecule has 2 aliphatic rings. The van der Waals surface area contributed by atoms with Gasteiger partial charge in [-0.3, -0.25) is 14.6 Å². The highest BCUT2D eigenvalue weighted by Gasteiger charge is 2.36. The predicted molar refractivity (Wildman–Crippen MR) is 123 cm³/mol. The second-order valence-electron chi connectivity index (χ2n) is 7.74. The largest absolute Gasteiger partial charge is 0.493 e. The third-order valence-electron chi connectivity index (χ3n) is 5.71. The molecule has 0 saturated heterocycles. The van der Waals surface area contributed by atoms with Crippen LogP contribution in [0.15, 0.2) is 57.2 Å². The molecule has 0 saturated carbocycles. The first kappa shape index (κ1) is 21.8. The minimum atomic E-state index is -0.819. The molecule has 11 heteroatoms. The fraction of sp³-hybridized carbons (Fsp3) is 0.217. The van der Waals surface area contributed by atoms with Crippen LogP contribution in [0.2, 0.25) is 5.02 Å². The van der Waals surface area contributed by atoms with E-state index in [0.29, 0.717) is 22.2 Å². The van der Waals surface area contributed by atoms with Crippen molar-refractivity contribution in [1.82, 2.24) is 14.6 Å². The maximum Gasteiger partial charge on any atom is 0.335 e. The van der Waals surface area contributed by atoms with Crippen LogP contribution >= 0.6 is 11.6 Å². The smallest absolute Gasteiger partial charge is 0.335 e. The van der Waals surface area contributed by atoms with Crippen LogP contribution in [0.4, 0.5) is 0 Å². The van der Waals surface area contributed by atoms with Gasteiger partial charge < -0.3 is 14.6 Å². The Morgan fingerprint density at radius 1 is 1.18 bits per heavy atom. The lowest BCUT2D eigenvalue weighted by molar-refractivity contribution is -0.132. The molecule has 0 fully saturated rings. The molecule has 1 atom stereocenters. The van der Waals surface area contributed by atoms with Crippen molar-refractivity contribution >= 4 is 23.2 Å². The number of H-pyrrole nitrogens is 1. The van der Waals surface area contributed by atoms with E-state index in [9.17, 15) is 19.5 Å². The average molecular weight is 483 g/mol. The van der Waals surface area contributed by atoms with Crippen molar-refractivity contribution in [3.05, 3.63) is 79.5 Å². The number of carbonyl (C=O) groups is 1. The Balaban J connectivity index is 1.60. The lowest BCUT2D eigenvalue weighted by Crippen LogP contribution is -2.33. The summed E-state index contributed by atoms with van der Waals surface area (Å²) in [5.41, 5.74) is -0.608. The fourth-order valence-electron chi connectivity index (χ4n) is 4.05. The van der Waals surface area contributed by atoms with E-state index in [1.165, 1.54) is 17.1 Å². The maximum atomic E-state index is 12.8. The SMILES string of the molecule is CCC(=O)N1N=C(c2c(O)n(-c3ccc(Cl)cc3)c(=O)[nH]c2=O)C[C@H]1c1ccc2c(c1)OCO2. The van der Waals surface area contributed by atoms with Crippen molar-refractivity contribution in [1.29, 1.82) is 0 Å². The van der Waals surface area contributed by atoms with E-state index in [0.717, 1.165) is 10.1 Å². The summed E-state index contributed by atoms with van der Waals surface area (Å²) >= 11 is 5.93. The first-order valence-corrected chi connectivity index (χ1v) is 10.9. The first-order chi connectivity index (χ1) is 16.4. The topological polar surface area (TPSA) is 126 Å². The van der Waals surface area contributed by atoms with Gasteiger partial charge in [-0.1, -0.05) is 24.6 Å². The number of aromatic amines is 1. The van der Waals surface area contributed by atoms with Gasteiger partial charge in [-0.05, 0) is 42.0 Å². The normalized spacial score (nSPS) is 16.6. The van der Waals surface area contributed by atoms with Crippen LogP contribution < -0.4 is 20.7 Å². The van der Waals surface area contributed by atoms with E-state index >= 15 is 0 Å². The Kier molecular flexibility index (Phi) is 5.37. The monoisotopic (exact) mass is 482 g/mol. The summed E-state index contributed by atoms with van der Waals surface area (Å²) in [5.74, 6) is 0.303. The number of rotatable bonds is 4. The van der Waals surface area contributed by atoms with Crippen LogP contribution in [0.25, 0.3) is 5.69 Å². The van der Waals surface area contributed by atoms with Gasteiger partial charge in [0.25, 0.3) is 5.56 Å². The number of amides is 1. The van der Waals surface area contributed by atoms with Gasteiger partial charge >= 0.3 is 5.69 Å². The molecule has 0 unspecified atom stereocenters. The van der Waals surface area contributed by atoms with Gasteiger partial charge in [0, 0.05) is 17.9 Å². The number of aromatic nitrogens is 2. The Bertz CT molecular complexity index is 1440. The molecule has 1 amide bonds. The van der Waals surface area contributed by atoms with Gasteiger partial charge in [-0.15, -0.1) is 0 Å². The molecule has 2 N–H and O–H groups in total. The van der Waals surface area contributed by atoms with Crippen LogP contribution in [0.5, 0.6) is 17.4 Å². The zero-order valence-electron chi connectivity index (χ0n) is 17.9. The second-order valence-corrected chi connectivity index (χ2v) is 8.18. The molecule has 174 valence electrons. The average Bonchev–Trinajstić information content (AvgIpc) is 3.46. The number of hydrogen-bond donors (Lipinski definition) is 2.